The number of aromatic nitrogens is 3. The van der Waals surface area contributed by atoms with Gasteiger partial charge in [-0.25, -0.2) is 4.68 Å². The monoisotopic (exact) mass is 421 g/mol. The molecule has 0 spiro atoms. The van der Waals surface area contributed by atoms with Crippen molar-refractivity contribution in [2.45, 2.75) is 23.9 Å². The Balaban J connectivity index is 1.68. The van der Waals surface area contributed by atoms with Crippen molar-refractivity contribution in [3.63, 3.8) is 0 Å². The number of halogens is 2. The molecule has 27 heavy (non-hydrogen) atoms. The van der Waals surface area contributed by atoms with Crippen LogP contribution in [0, 0.1) is 0 Å². The van der Waals surface area contributed by atoms with Gasteiger partial charge in [0.05, 0.1) is 10.3 Å². The molecule has 3 aromatic rings. The Kier molecular flexibility index (Phi) is 6.26. The van der Waals surface area contributed by atoms with Crippen LogP contribution >= 0.6 is 35.0 Å². The molecule has 0 aliphatic heterocycles. The maximum atomic E-state index is 12.3. The van der Waals surface area contributed by atoms with E-state index in [0.29, 0.717) is 33.1 Å². The summed E-state index contributed by atoms with van der Waals surface area (Å²) in [6, 6.07) is 14.7. The summed E-state index contributed by atoms with van der Waals surface area (Å²) >= 11 is 13.4. The van der Waals surface area contributed by atoms with E-state index >= 15 is 0 Å². The van der Waals surface area contributed by atoms with Crippen LogP contribution in [-0.4, -0.2) is 26.0 Å². The number of rotatable bonds is 6. The maximum Gasteiger partial charge on any atom is 0.233 e. The minimum absolute atomic E-state index is 0.116. The van der Waals surface area contributed by atoms with Crippen LogP contribution in [0.2, 0.25) is 10.0 Å². The van der Waals surface area contributed by atoms with Crippen molar-refractivity contribution in [3.05, 3.63) is 64.1 Å². The molecule has 2 aromatic carbocycles. The van der Waals surface area contributed by atoms with Crippen LogP contribution in [-0.2, 0) is 11.3 Å². The summed E-state index contributed by atoms with van der Waals surface area (Å²) in [6.45, 7) is 2.25. The van der Waals surface area contributed by atoms with Gasteiger partial charge in [-0.3, -0.25) is 4.79 Å². The highest BCUT2D eigenvalue weighted by Crippen LogP contribution is 2.31. The minimum Gasteiger partial charge on any atom is -0.351 e. The van der Waals surface area contributed by atoms with Gasteiger partial charge in [0.2, 0.25) is 11.1 Å². The fourth-order valence-electron chi connectivity index (χ4n) is 2.35. The first kappa shape index (κ1) is 19.5. The standard InChI is InChI=1S/C18H17Cl2N5OS/c1-11(17(26)22-10-12-5-3-2-4-6-12)27-18-24-23-16(25(18)21)14-9-13(19)7-8-15(14)20/h2-9,11H,10,21H2,1H3,(H,22,26). The zero-order valence-corrected chi connectivity index (χ0v) is 16.7. The largest absolute Gasteiger partial charge is 0.351 e. The highest BCUT2D eigenvalue weighted by molar-refractivity contribution is 8.00. The second kappa shape index (κ2) is 8.65. The van der Waals surface area contributed by atoms with E-state index < -0.39 is 5.25 Å². The lowest BCUT2D eigenvalue weighted by Gasteiger charge is -2.12. The molecule has 1 heterocycles. The molecular formula is C18H17Cl2N5OS. The second-order valence-corrected chi connectivity index (χ2v) is 7.92. The number of nitrogen functional groups attached to an aromatic ring is 1. The number of thioether (sulfide) groups is 1. The molecular weight excluding hydrogens is 405 g/mol. The van der Waals surface area contributed by atoms with Crippen molar-refractivity contribution in [1.82, 2.24) is 20.2 Å². The maximum absolute atomic E-state index is 12.3. The fourth-order valence-corrected chi connectivity index (χ4v) is 3.52. The number of amides is 1. The number of hydrogen-bond donors (Lipinski definition) is 2. The Labute approximate surface area is 171 Å². The normalized spacial score (nSPS) is 12.0. The van der Waals surface area contributed by atoms with E-state index in [9.17, 15) is 4.79 Å². The first-order chi connectivity index (χ1) is 13.0. The molecule has 1 atom stereocenters. The minimum atomic E-state index is -0.400. The van der Waals surface area contributed by atoms with E-state index in [1.54, 1.807) is 25.1 Å². The summed E-state index contributed by atoms with van der Waals surface area (Å²) in [6.07, 6.45) is 0. The third-order valence-electron chi connectivity index (χ3n) is 3.79. The molecule has 3 rings (SSSR count). The zero-order chi connectivity index (χ0) is 19.4. The summed E-state index contributed by atoms with van der Waals surface area (Å²) in [5.74, 6) is 6.37. The average molecular weight is 422 g/mol. The number of carbonyl (C=O) groups is 1. The number of carbonyl (C=O) groups excluding carboxylic acids is 1. The van der Waals surface area contributed by atoms with Crippen LogP contribution < -0.4 is 11.2 Å². The Morgan fingerprint density at radius 1 is 1.22 bits per heavy atom. The fraction of sp³-hybridized carbons (Fsp3) is 0.167. The molecule has 0 radical (unpaired) electrons. The number of hydrogen-bond acceptors (Lipinski definition) is 5. The van der Waals surface area contributed by atoms with E-state index in [0.717, 1.165) is 5.56 Å². The number of nitrogens with one attached hydrogen (secondary N) is 1. The van der Waals surface area contributed by atoms with Crippen molar-refractivity contribution in [2.24, 2.45) is 0 Å². The van der Waals surface area contributed by atoms with E-state index in [1.807, 2.05) is 30.3 Å². The van der Waals surface area contributed by atoms with Gasteiger partial charge in [-0.1, -0.05) is 65.3 Å². The van der Waals surface area contributed by atoms with Gasteiger partial charge in [-0.15, -0.1) is 10.2 Å². The molecule has 1 aromatic heterocycles. The van der Waals surface area contributed by atoms with Gasteiger partial charge < -0.3 is 11.2 Å². The Hall–Kier alpha value is -2.22. The Bertz CT molecular complexity index is 948. The van der Waals surface area contributed by atoms with Crippen molar-refractivity contribution in [1.29, 1.82) is 0 Å². The third-order valence-corrected chi connectivity index (χ3v) is 5.42. The smallest absolute Gasteiger partial charge is 0.233 e. The summed E-state index contributed by atoms with van der Waals surface area (Å²) in [4.78, 5) is 12.3. The van der Waals surface area contributed by atoms with Crippen LogP contribution in [0.1, 0.15) is 12.5 Å². The lowest BCUT2D eigenvalue weighted by atomic mass is 10.2. The highest BCUT2D eigenvalue weighted by atomic mass is 35.5. The first-order valence-electron chi connectivity index (χ1n) is 8.10. The highest BCUT2D eigenvalue weighted by Gasteiger charge is 2.20. The Morgan fingerprint density at radius 2 is 1.96 bits per heavy atom. The Morgan fingerprint density at radius 3 is 2.70 bits per heavy atom. The summed E-state index contributed by atoms with van der Waals surface area (Å²) in [7, 11) is 0. The van der Waals surface area contributed by atoms with Gasteiger partial charge in [0, 0.05) is 17.1 Å². The number of nitrogens with zero attached hydrogens (tertiary/aromatic N) is 3. The van der Waals surface area contributed by atoms with Gasteiger partial charge in [0.25, 0.3) is 0 Å². The molecule has 3 N–H and O–H groups in total. The lowest BCUT2D eigenvalue weighted by molar-refractivity contribution is -0.120. The molecule has 9 heteroatoms. The summed E-state index contributed by atoms with van der Waals surface area (Å²) in [5.41, 5.74) is 1.61. The van der Waals surface area contributed by atoms with Crippen molar-refractivity contribution < 1.29 is 4.79 Å². The topological polar surface area (TPSA) is 85.8 Å². The molecule has 1 unspecified atom stereocenters. The van der Waals surface area contributed by atoms with Crippen LogP contribution in [0.4, 0.5) is 0 Å². The van der Waals surface area contributed by atoms with Gasteiger partial charge in [-0.2, -0.15) is 0 Å². The average Bonchev–Trinajstić information content (AvgIpc) is 3.02. The quantitative estimate of drug-likeness (QED) is 0.467. The van der Waals surface area contributed by atoms with Crippen molar-refractivity contribution in [3.8, 4) is 11.4 Å². The third kappa shape index (κ3) is 4.74. The molecule has 0 aliphatic rings. The van der Waals surface area contributed by atoms with Crippen molar-refractivity contribution >= 4 is 40.9 Å². The molecule has 6 nitrogen and oxygen atoms in total. The molecule has 0 fully saturated rings. The van der Waals surface area contributed by atoms with E-state index in [4.69, 9.17) is 29.0 Å². The van der Waals surface area contributed by atoms with Crippen molar-refractivity contribution in [2.75, 3.05) is 5.84 Å². The van der Waals surface area contributed by atoms with Crippen LogP contribution in [0.3, 0.4) is 0 Å². The van der Waals surface area contributed by atoms with E-state index in [1.165, 1.54) is 16.4 Å². The molecule has 0 saturated carbocycles. The second-order valence-electron chi connectivity index (χ2n) is 5.76. The molecule has 0 aliphatic carbocycles. The van der Waals surface area contributed by atoms with Gasteiger partial charge in [0.15, 0.2) is 5.82 Å². The van der Waals surface area contributed by atoms with Gasteiger partial charge in [-0.05, 0) is 30.7 Å². The van der Waals surface area contributed by atoms with E-state index in [2.05, 4.69) is 15.5 Å². The van der Waals surface area contributed by atoms with Gasteiger partial charge in [0.1, 0.15) is 0 Å². The van der Waals surface area contributed by atoms with Crippen LogP contribution in [0.25, 0.3) is 11.4 Å². The molecule has 0 bridgehead atoms. The predicted octanol–water partition coefficient (Wildman–Crippen LogP) is 3.76. The molecule has 140 valence electrons. The van der Waals surface area contributed by atoms with Gasteiger partial charge >= 0.3 is 0 Å². The lowest BCUT2D eigenvalue weighted by Crippen LogP contribution is -2.30. The number of benzene rings is 2. The SMILES string of the molecule is CC(Sc1nnc(-c2cc(Cl)ccc2Cl)n1N)C(=O)NCc1ccccc1. The molecule has 0 saturated heterocycles. The van der Waals surface area contributed by atoms with Crippen LogP contribution in [0.15, 0.2) is 53.7 Å². The first-order valence-corrected chi connectivity index (χ1v) is 9.73. The predicted molar refractivity (Wildman–Crippen MR) is 109 cm³/mol. The molecule has 1 amide bonds. The van der Waals surface area contributed by atoms with E-state index in [-0.39, 0.29) is 5.91 Å². The summed E-state index contributed by atoms with van der Waals surface area (Å²) < 4.78 is 1.31. The zero-order valence-electron chi connectivity index (χ0n) is 14.4. The number of nitrogens with two attached hydrogens (primary N) is 1. The summed E-state index contributed by atoms with van der Waals surface area (Å²) in [5, 5.41) is 12.0. The van der Waals surface area contributed by atoms with Crippen LogP contribution in [0.5, 0.6) is 0 Å².